The molecule has 0 amide bonds. The van der Waals surface area contributed by atoms with E-state index >= 15 is 0 Å². The number of hydrogen-bond donors (Lipinski definition) is 0. The predicted octanol–water partition coefficient (Wildman–Crippen LogP) is 2.24. The third-order valence-corrected chi connectivity index (χ3v) is 2.45. The van der Waals surface area contributed by atoms with Gasteiger partial charge >= 0.3 is 0 Å². The van der Waals surface area contributed by atoms with E-state index in [2.05, 4.69) is 4.98 Å². The van der Waals surface area contributed by atoms with Crippen molar-refractivity contribution in [3.05, 3.63) is 38.9 Å². The molecule has 0 aromatic carbocycles. The average molecular weight is 229 g/mol. The molecule has 0 unspecified atom stereocenters. The molecule has 0 radical (unpaired) electrons. The molecule has 0 spiro atoms. The van der Waals surface area contributed by atoms with E-state index in [0.717, 1.165) is 0 Å². The zero-order valence-electron chi connectivity index (χ0n) is 7.29. The summed E-state index contributed by atoms with van der Waals surface area (Å²) in [6, 6.07) is 3.17. The molecule has 2 aromatic rings. The molecule has 0 fully saturated rings. The van der Waals surface area contributed by atoms with Gasteiger partial charge in [0.05, 0.1) is 15.9 Å². The van der Waals surface area contributed by atoms with E-state index in [-0.39, 0.29) is 10.7 Å². The highest BCUT2D eigenvalue weighted by Gasteiger charge is 2.07. The van der Waals surface area contributed by atoms with Crippen molar-refractivity contribution in [3.8, 4) is 0 Å². The molecule has 0 N–H and O–H groups in total. The van der Waals surface area contributed by atoms with E-state index < -0.39 is 0 Å². The van der Waals surface area contributed by atoms with E-state index in [1.807, 2.05) is 0 Å². The van der Waals surface area contributed by atoms with Crippen LogP contribution in [0.1, 0.15) is 0 Å². The van der Waals surface area contributed by atoms with Crippen LogP contribution in [0.4, 0.5) is 0 Å². The summed E-state index contributed by atoms with van der Waals surface area (Å²) < 4.78 is 1.45. The van der Waals surface area contributed by atoms with Crippen molar-refractivity contribution in [2.75, 3.05) is 0 Å². The van der Waals surface area contributed by atoms with Crippen LogP contribution < -0.4 is 5.56 Å². The first kappa shape index (κ1) is 9.49. The summed E-state index contributed by atoms with van der Waals surface area (Å²) in [5.41, 5.74) is 0.349. The zero-order chi connectivity index (χ0) is 10.3. The Morgan fingerprint density at radius 3 is 2.86 bits per heavy atom. The fourth-order valence-corrected chi connectivity index (χ4v) is 1.80. The standard InChI is InChI=1S/C9H6Cl2N2O/c1-13-3-2-6-8(9(13)14)5(10)4-7(11)12-6/h2-4H,1H3. The summed E-state index contributed by atoms with van der Waals surface area (Å²) in [5, 5.41) is 1.03. The van der Waals surface area contributed by atoms with Gasteiger partial charge in [-0.05, 0) is 12.1 Å². The van der Waals surface area contributed by atoms with Crippen LogP contribution in [0, 0.1) is 0 Å². The van der Waals surface area contributed by atoms with E-state index in [9.17, 15) is 4.79 Å². The Hall–Kier alpha value is -1.06. The van der Waals surface area contributed by atoms with Gasteiger partial charge in [-0.2, -0.15) is 0 Å². The Morgan fingerprint density at radius 1 is 1.43 bits per heavy atom. The van der Waals surface area contributed by atoms with Gasteiger partial charge in [-0.3, -0.25) is 4.79 Å². The third-order valence-electron chi connectivity index (χ3n) is 1.96. The van der Waals surface area contributed by atoms with Gasteiger partial charge in [-0.15, -0.1) is 0 Å². The number of rotatable bonds is 0. The molecule has 14 heavy (non-hydrogen) atoms. The molecule has 0 saturated heterocycles. The van der Waals surface area contributed by atoms with E-state index in [0.29, 0.717) is 15.9 Å². The summed E-state index contributed by atoms with van der Waals surface area (Å²) in [6.45, 7) is 0. The lowest BCUT2D eigenvalue weighted by Gasteiger charge is -2.02. The molecule has 0 aliphatic rings. The first-order valence-corrected chi connectivity index (χ1v) is 4.66. The lowest BCUT2D eigenvalue weighted by molar-refractivity contribution is 0.872. The molecule has 2 heterocycles. The highest BCUT2D eigenvalue weighted by molar-refractivity contribution is 6.37. The number of aryl methyl sites for hydroxylation is 1. The van der Waals surface area contributed by atoms with Crippen molar-refractivity contribution in [1.29, 1.82) is 0 Å². The van der Waals surface area contributed by atoms with Gasteiger partial charge in [0.15, 0.2) is 0 Å². The lowest BCUT2D eigenvalue weighted by Crippen LogP contribution is -2.16. The molecule has 0 aliphatic heterocycles. The minimum Gasteiger partial charge on any atom is -0.318 e. The highest BCUT2D eigenvalue weighted by Crippen LogP contribution is 2.21. The van der Waals surface area contributed by atoms with Crippen LogP contribution in [0.5, 0.6) is 0 Å². The first-order valence-electron chi connectivity index (χ1n) is 3.91. The second-order valence-electron chi connectivity index (χ2n) is 2.92. The van der Waals surface area contributed by atoms with Crippen LogP contribution in [-0.4, -0.2) is 9.55 Å². The van der Waals surface area contributed by atoms with Crippen LogP contribution >= 0.6 is 23.2 Å². The van der Waals surface area contributed by atoms with Crippen molar-refractivity contribution in [3.63, 3.8) is 0 Å². The van der Waals surface area contributed by atoms with E-state index in [1.54, 1.807) is 19.3 Å². The smallest absolute Gasteiger partial charge is 0.261 e. The van der Waals surface area contributed by atoms with Crippen molar-refractivity contribution >= 4 is 34.1 Å². The maximum absolute atomic E-state index is 11.7. The van der Waals surface area contributed by atoms with E-state index in [1.165, 1.54) is 10.6 Å². The summed E-state index contributed by atoms with van der Waals surface area (Å²) in [6.07, 6.45) is 1.63. The molecule has 2 aromatic heterocycles. The Balaban J connectivity index is 3.03. The largest absolute Gasteiger partial charge is 0.318 e. The molecule has 3 nitrogen and oxygen atoms in total. The zero-order valence-corrected chi connectivity index (χ0v) is 8.80. The predicted molar refractivity (Wildman–Crippen MR) is 57.0 cm³/mol. The number of fused-ring (bicyclic) bond motifs is 1. The topological polar surface area (TPSA) is 34.9 Å². The molecule has 5 heteroatoms. The monoisotopic (exact) mass is 228 g/mol. The van der Waals surface area contributed by atoms with Crippen molar-refractivity contribution in [1.82, 2.24) is 9.55 Å². The van der Waals surface area contributed by atoms with Gasteiger partial charge in [-0.25, -0.2) is 4.98 Å². The van der Waals surface area contributed by atoms with Crippen LogP contribution in [-0.2, 0) is 7.05 Å². The average Bonchev–Trinajstić information content (AvgIpc) is 2.10. The SMILES string of the molecule is Cn1ccc2nc(Cl)cc(Cl)c2c1=O. The first-order chi connectivity index (χ1) is 6.59. The minimum atomic E-state index is -0.170. The van der Waals surface area contributed by atoms with Crippen molar-refractivity contribution in [2.45, 2.75) is 0 Å². The van der Waals surface area contributed by atoms with Crippen LogP contribution in [0.3, 0.4) is 0 Å². The summed E-state index contributed by atoms with van der Waals surface area (Å²) in [5.74, 6) is 0. The fraction of sp³-hybridized carbons (Fsp3) is 0.111. The minimum absolute atomic E-state index is 0.170. The maximum atomic E-state index is 11.7. The quantitative estimate of drug-likeness (QED) is 0.649. The van der Waals surface area contributed by atoms with Gasteiger partial charge in [-0.1, -0.05) is 23.2 Å². The summed E-state index contributed by atoms with van der Waals surface area (Å²) in [4.78, 5) is 15.7. The fourth-order valence-electron chi connectivity index (χ4n) is 1.26. The van der Waals surface area contributed by atoms with Crippen molar-refractivity contribution < 1.29 is 0 Å². The molecule has 2 rings (SSSR count). The lowest BCUT2D eigenvalue weighted by atomic mass is 10.2. The number of aromatic nitrogens is 2. The molecule has 0 aliphatic carbocycles. The molecule has 0 atom stereocenters. The third kappa shape index (κ3) is 1.38. The number of pyridine rings is 2. The number of halogens is 2. The Bertz CT molecular complexity index is 562. The molecule has 0 bridgehead atoms. The number of hydrogen-bond acceptors (Lipinski definition) is 2. The van der Waals surface area contributed by atoms with Gasteiger partial charge in [0, 0.05) is 13.2 Å². The van der Waals surface area contributed by atoms with Crippen LogP contribution in [0.25, 0.3) is 10.9 Å². The normalized spacial score (nSPS) is 10.8. The second-order valence-corrected chi connectivity index (χ2v) is 3.71. The molecular formula is C9H6Cl2N2O. The second kappa shape index (κ2) is 3.26. The molecular weight excluding hydrogens is 223 g/mol. The van der Waals surface area contributed by atoms with Crippen LogP contribution in [0.2, 0.25) is 10.2 Å². The van der Waals surface area contributed by atoms with Gasteiger partial charge in [0.1, 0.15) is 5.15 Å². The molecule has 72 valence electrons. The van der Waals surface area contributed by atoms with E-state index in [4.69, 9.17) is 23.2 Å². The summed E-state index contributed by atoms with van der Waals surface area (Å²) in [7, 11) is 1.66. The van der Waals surface area contributed by atoms with Gasteiger partial charge in [0.25, 0.3) is 5.56 Å². The Kier molecular flexibility index (Phi) is 2.21. The summed E-state index contributed by atoms with van der Waals surface area (Å²) >= 11 is 11.6. The van der Waals surface area contributed by atoms with Gasteiger partial charge in [0.2, 0.25) is 0 Å². The maximum Gasteiger partial charge on any atom is 0.261 e. The molecule has 0 saturated carbocycles. The number of nitrogens with zero attached hydrogens (tertiary/aromatic N) is 2. The highest BCUT2D eigenvalue weighted by atomic mass is 35.5. The van der Waals surface area contributed by atoms with Gasteiger partial charge < -0.3 is 4.57 Å². The Morgan fingerprint density at radius 2 is 2.14 bits per heavy atom. The van der Waals surface area contributed by atoms with Crippen molar-refractivity contribution in [2.24, 2.45) is 7.05 Å². The Labute approximate surface area is 89.9 Å². The van der Waals surface area contributed by atoms with Crippen LogP contribution in [0.15, 0.2) is 23.1 Å².